The number of hydrogen-bond donors (Lipinski definition) is 1. The van der Waals surface area contributed by atoms with E-state index in [0.717, 1.165) is 27.0 Å². The molecule has 0 spiro atoms. The predicted molar refractivity (Wildman–Crippen MR) is 120 cm³/mol. The maximum atomic E-state index is 12.7. The summed E-state index contributed by atoms with van der Waals surface area (Å²) < 4.78 is 12.4. The summed E-state index contributed by atoms with van der Waals surface area (Å²) in [5, 5.41) is 2.91. The molecule has 0 unspecified atom stereocenters. The quantitative estimate of drug-likeness (QED) is 0.449. The van der Waals surface area contributed by atoms with Gasteiger partial charge in [0.1, 0.15) is 18.1 Å². The van der Waals surface area contributed by atoms with Gasteiger partial charge in [0.2, 0.25) is 0 Å². The highest BCUT2D eigenvalue weighted by Gasteiger charge is 2.13. The van der Waals surface area contributed by atoms with E-state index in [0.29, 0.717) is 23.8 Å². The minimum Gasteiger partial charge on any atom is -0.496 e. The van der Waals surface area contributed by atoms with Crippen LogP contribution in [0.2, 0.25) is 0 Å². The zero-order valence-electron chi connectivity index (χ0n) is 16.7. The predicted octanol–water partition coefficient (Wildman–Crippen LogP) is 6.41. The smallest absolute Gasteiger partial charge is 0.255 e. The molecule has 0 heterocycles. The molecule has 0 aliphatic heterocycles. The van der Waals surface area contributed by atoms with E-state index < -0.39 is 0 Å². The van der Waals surface area contributed by atoms with Crippen molar-refractivity contribution in [3.63, 3.8) is 0 Å². The maximum Gasteiger partial charge on any atom is 0.255 e. The third-order valence-electron chi connectivity index (χ3n) is 4.55. The maximum absolute atomic E-state index is 12.7. The number of hydrogen-bond acceptors (Lipinski definition) is 3. The van der Waals surface area contributed by atoms with E-state index in [2.05, 4.69) is 41.2 Å². The molecule has 3 aromatic rings. The fourth-order valence-electron chi connectivity index (χ4n) is 3.05. The largest absolute Gasteiger partial charge is 0.496 e. The molecular weight excluding hydrogens is 430 g/mol. The Morgan fingerprint density at radius 1 is 1.00 bits per heavy atom. The number of para-hydroxylation sites is 1. The summed E-state index contributed by atoms with van der Waals surface area (Å²) in [5.41, 5.74) is 3.23. The van der Waals surface area contributed by atoms with Crippen molar-refractivity contribution >= 4 is 27.5 Å². The molecule has 1 amide bonds. The van der Waals surface area contributed by atoms with Crippen LogP contribution in [0.25, 0.3) is 0 Å². The molecule has 0 bridgehead atoms. The number of benzene rings is 3. The normalized spacial score (nSPS) is 10.7. The summed E-state index contributed by atoms with van der Waals surface area (Å²) >= 11 is 3.41. The first-order chi connectivity index (χ1) is 14.0. The van der Waals surface area contributed by atoms with E-state index in [-0.39, 0.29) is 5.91 Å². The number of ether oxygens (including phenoxy) is 2. The van der Waals surface area contributed by atoms with Gasteiger partial charge in [0.25, 0.3) is 5.91 Å². The average Bonchev–Trinajstić information content (AvgIpc) is 2.72. The molecule has 0 aliphatic rings. The number of carbonyl (C=O) groups excluding carboxylic acids is 1. The first-order valence-electron chi connectivity index (χ1n) is 9.43. The van der Waals surface area contributed by atoms with Crippen LogP contribution in [0, 0.1) is 0 Å². The van der Waals surface area contributed by atoms with E-state index >= 15 is 0 Å². The number of anilines is 1. The molecule has 1 N–H and O–H groups in total. The second-order valence-electron chi connectivity index (χ2n) is 6.97. The Kier molecular flexibility index (Phi) is 6.94. The van der Waals surface area contributed by atoms with Crippen LogP contribution >= 0.6 is 15.9 Å². The van der Waals surface area contributed by atoms with Crippen LogP contribution in [0.5, 0.6) is 11.5 Å². The molecule has 0 aromatic heterocycles. The van der Waals surface area contributed by atoms with Crippen molar-refractivity contribution in [1.29, 1.82) is 0 Å². The summed E-state index contributed by atoms with van der Waals surface area (Å²) in [6.07, 6.45) is 0. The molecule has 4 nitrogen and oxygen atoms in total. The van der Waals surface area contributed by atoms with Crippen LogP contribution in [0.3, 0.4) is 0 Å². The van der Waals surface area contributed by atoms with Crippen LogP contribution in [0.15, 0.2) is 71.2 Å². The van der Waals surface area contributed by atoms with Gasteiger partial charge in [0, 0.05) is 21.3 Å². The Labute approximate surface area is 180 Å². The van der Waals surface area contributed by atoms with Crippen molar-refractivity contribution in [2.45, 2.75) is 26.4 Å². The first-order valence-corrected chi connectivity index (χ1v) is 10.2. The van der Waals surface area contributed by atoms with E-state index in [9.17, 15) is 4.79 Å². The van der Waals surface area contributed by atoms with Gasteiger partial charge >= 0.3 is 0 Å². The van der Waals surface area contributed by atoms with Gasteiger partial charge in [-0.3, -0.25) is 4.79 Å². The standard InChI is InChI=1S/C24H24BrNO3/c1-16(2)21-9-4-5-10-23(21)29-15-18-13-17(11-12-22(18)28-3)24(27)26-20-8-6-7-19(25)14-20/h4-14,16H,15H2,1-3H3,(H,26,27). The molecule has 0 saturated carbocycles. The van der Waals surface area contributed by atoms with Crippen molar-refractivity contribution < 1.29 is 14.3 Å². The van der Waals surface area contributed by atoms with Gasteiger partial charge in [-0.1, -0.05) is 54.0 Å². The van der Waals surface area contributed by atoms with Crippen molar-refractivity contribution in [2.75, 3.05) is 12.4 Å². The van der Waals surface area contributed by atoms with Crippen LogP contribution in [-0.2, 0) is 6.61 Å². The Morgan fingerprint density at radius 2 is 1.79 bits per heavy atom. The van der Waals surface area contributed by atoms with Crippen LogP contribution in [-0.4, -0.2) is 13.0 Å². The van der Waals surface area contributed by atoms with Crippen molar-refractivity contribution in [3.8, 4) is 11.5 Å². The molecule has 0 saturated heterocycles. The second-order valence-corrected chi connectivity index (χ2v) is 7.89. The molecule has 0 radical (unpaired) electrons. The zero-order valence-corrected chi connectivity index (χ0v) is 18.3. The Bertz CT molecular complexity index is 1000. The highest BCUT2D eigenvalue weighted by atomic mass is 79.9. The van der Waals surface area contributed by atoms with Crippen LogP contribution < -0.4 is 14.8 Å². The molecule has 3 rings (SSSR count). The van der Waals surface area contributed by atoms with E-state index in [1.54, 1.807) is 19.2 Å². The highest BCUT2D eigenvalue weighted by Crippen LogP contribution is 2.28. The number of rotatable bonds is 7. The van der Waals surface area contributed by atoms with Crippen LogP contribution in [0.4, 0.5) is 5.69 Å². The third kappa shape index (κ3) is 5.39. The molecule has 0 atom stereocenters. The Morgan fingerprint density at radius 3 is 2.52 bits per heavy atom. The van der Waals surface area contributed by atoms with E-state index in [4.69, 9.17) is 9.47 Å². The van der Waals surface area contributed by atoms with Gasteiger partial charge in [-0.2, -0.15) is 0 Å². The summed E-state index contributed by atoms with van der Waals surface area (Å²) in [7, 11) is 1.61. The Hall–Kier alpha value is -2.79. The first kappa shape index (κ1) is 20.9. The van der Waals surface area contributed by atoms with Gasteiger partial charge in [0.15, 0.2) is 0 Å². The van der Waals surface area contributed by atoms with E-state index in [1.165, 1.54) is 0 Å². The van der Waals surface area contributed by atoms with Gasteiger partial charge in [-0.15, -0.1) is 0 Å². The third-order valence-corrected chi connectivity index (χ3v) is 5.04. The minimum absolute atomic E-state index is 0.186. The number of nitrogens with one attached hydrogen (secondary N) is 1. The van der Waals surface area contributed by atoms with Crippen molar-refractivity contribution in [1.82, 2.24) is 0 Å². The SMILES string of the molecule is COc1ccc(C(=O)Nc2cccc(Br)c2)cc1COc1ccccc1C(C)C. The van der Waals surface area contributed by atoms with E-state index in [1.807, 2.05) is 48.5 Å². The second kappa shape index (κ2) is 9.61. The monoisotopic (exact) mass is 453 g/mol. The fourth-order valence-corrected chi connectivity index (χ4v) is 3.45. The summed E-state index contributed by atoms with van der Waals surface area (Å²) in [6.45, 7) is 4.58. The van der Waals surface area contributed by atoms with Gasteiger partial charge in [0.05, 0.1) is 7.11 Å². The van der Waals surface area contributed by atoms with Gasteiger partial charge < -0.3 is 14.8 Å². The lowest BCUT2D eigenvalue weighted by molar-refractivity contribution is 0.102. The number of carbonyl (C=O) groups is 1. The number of methoxy groups -OCH3 is 1. The summed E-state index contributed by atoms with van der Waals surface area (Å²) in [4.78, 5) is 12.7. The molecule has 29 heavy (non-hydrogen) atoms. The number of halogens is 1. The molecule has 150 valence electrons. The average molecular weight is 454 g/mol. The zero-order chi connectivity index (χ0) is 20.8. The lowest BCUT2D eigenvalue weighted by atomic mass is 10.0. The number of amides is 1. The molecule has 0 aliphatic carbocycles. The minimum atomic E-state index is -0.186. The van der Waals surface area contributed by atoms with Gasteiger partial charge in [-0.25, -0.2) is 0 Å². The molecule has 5 heteroatoms. The highest BCUT2D eigenvalue weighted by molar-refractivity contribution is 9.10. The van der Waals surface area contributed by atoms with Gasteiger partial charge in [-0.05, 0) is 53.9 Å². The Balaban J connectivity index is 1.79. The molecular formula is C24H24BrNO3. The lowest BCUT2D eigenvalue weighted by Crippen LogP contribution is -2.13. The molecule has 3 aromatic carbocycles. The summed E-state index contributed by atoms with van der Waals surface area (Å²) in [6, 6.07) is 20.8. The topological polar surface area (TPSA) is 47.6 Å². The lowest BCUT2D eigenvalue weighted by Gasteiger charge is -2.16. The fraction of sp³-hybridized carbons (Fsp3) is 0.208. The van der Waals surface area contributed by atoms with Crippen molar-refractivity contribution in [3.05, 3.63) is 87.9 Å². The van der Waals surface area contributed by atoms with Crippen LogP contribution in [0.1, 0.15) is 41.3 Å². The van der Waals surface area contributed by atoms with Crippen molar-refractivity contribution in [2.24, 2.45) is 0 Å². The molecule has 0 fully saturated rings. The summed E-state index contributed by atoms with van der Waals surface area (Å²) in [5.74, 6) is 1.70.